The molecule has 320 valence electrons. The molecule has 0 radical (unpaired) electrons. The van der Waals surface area contributed by atoms with Crippen LogP contribution in [-0.4, -0.2) is 97.1 Å². The predicted molar refractivity (Wildman–Crippen MR) is 231 cm³/mol. The molecule has 0 saturated carbocycles. The van der Waals surface area contributed by atoms with Gasteiger partial charge in [0.1, 0.15) is 17.7 Å². The molecule has 2 saturated heterocycles. The Bertz CT molecular complexity index is 2570. The summed E-state index contributed by atoms with van der Waals surface area (Å²) in [5, 5.41) is 7.50. The molecule has 16 nitrogen and oxygen atoms in total. The first kappa shape index (κ1) is 41.6. The molecular weight excluding hydrogens is 789 g/mol. The van der Waals surface area contributed by atoms with Crippen molar-refractivity contribution in [3.05, 3.63) is 109 Å². The Labute approximate surface area is 358 Å². The first-order chi connectivity index (χ1) is 30.0. The van der Waals surface area contributed by atoms with Crippen molar-refractivity contribution in [3.8, 4) is 33.6 Å². The highest BCUT2D eigenvalue weighted by atomic mass is 16.5. The molecular formula is C46H50N10O6. The summed E-state index contributed by atoms with van der Waals surface area (Å²) in [6, 6.07) is 18.7. The molecule has 4 N–H and O–H groups in total. The van der Waals surface area contributed by atoms with Crippen molar-refractivity contribution >= 4 is 34.8 Å². The maximum Gasteiger partial charge on any atom is 0.407 e. The van der Waals surface area contributed by atoms with E-state index in [2.05, 4.69) is 98.2 Å². The van der Waals surface area contributed by atoms with Gasteiger partial charge in [0.05, 0.1) is 62.0 Å². The van der Waals surface area contributed by atoms with Crippen LogP contribution in [-0.2, 0) is 19.1 Å². The second kappa shape index (κ2) is 17.9. The highest BCUT2D eigenvalue weighted by molar-refractivity contribution is 5.91. The lowest BCUT2D eigenvalue weighted by molar-refractivity contribution is -0.136. The number of hydrogen-bond donors (Lipinski definition) is 4. The number of benzene rings is 3. The van der Waals surface area contributed by atoms with Crippen LogP contribution < -0.4 is 10.6 Å². The molecule has 3 aromatic carbocycles. The van der Waals surface area contributed by atoms with Crippen molar-refractivity contribution < 1.29 is 28.7 Å². The lowest BCUT2D eigenvalue weighted by Gasteiger charge is -2.30. The Morgan fingerprint density at radius 3 is 1.98 bits per heavy atom. The van der Waals surface area contributed by atoms with Crippen molar-refractivity contribution in [2.45, 2.75) is 64.2 Å². The van der Waals surface area contributed by atoms with Crippen molar-refractivity contribution in [1.82, 2.24) is 50.3 Å². The van der Waals surface area contributed by atoms with E-state index in [4.69, 9.17) is 19.4 Å². The van der Waals surface area contributed by atoms with Gasteiger partial charge in [0, 0.05) is 31.0 Å². The monoisotopic (exact) mass is 838 g/mol. The Morgan fingerprint density at radius 1 is 0.710 bits per heavy atom. The SMILES string of the molecule is COC(=O)NC(C(=O)N1C[C@H](C)C[C@H]1c1ncc(-c2ccc(-c3ccc4cc(-c5cnc([C@@H]6CCCN6C(=O)[C@@H](NC(=O)OC)C(C)C)[nH]5)ccc4c3)cc2)[nH]1)c1cnccn1. The van der Waals surface area contributed by atoms with Crippen LogP contribution in [0.5, 0.6) is 0 Å². The minimum atomic E-state index is -1.07. The van der Waals surface area contributed by atoms with Crippen molar-refractivity contribution in [3.63, 3.8) is 0 Å². The number of nitrogens with one attached hydrogen (secondary N) is 4. The summed E-state index contributed by atoms with van der Waals surface area (Å²) in [7, 11) is 2.54. The number of rotatable bonds is 11. The van der Waals surface area contributed by atoms with Crippen molar-refractivity contribution in [2.75, 3.05) is 27.3 Å². The summed E-state index contributed by atoms with van der Waals surface area (Å²) in [5.41, 5.74) is 6.08. The van der Waals surface area contributed by atoms with Gasteiger partial charge in [-0.15, -0.1) is 0 Å². The fourth-order valence-corrected chi connectivity index (χ4v) is 8.55. The molecule has 5 heterocycles. The molecule has 8 rings (SSSR count). The lowest BCUT2D eigenvalue weighted by atomic mass is 9.98. The predicted octanol–water partition coefficient (Wildman–Crippen LogP) is 7.13. The van der Waals surface area contributed by atoms with Crippen LogP contribution in [0.3, 0.4) is 0 Å². The molecule has 1 unspecified atom stereocenters. The zero-order valence-electron chi connectivity index (χ0n) is 35.3. The number of aromatic nitrogens is 6. The summed E-state index contributed by atoms with van der Waals surface area (Å²) in [5.74, 6) is 1.02. The van der Waals surface area contributed by atoms with Gasteiger partial charge in [-0.2, -0.15) is 0 Å². The molecule has 2 fully saturated rings. The third kappa shape index (κ3) is 8.58. The summed E-state index contributed by atoms with van der Waals surface area (Å²) in [6.45, 7) is 6.97. The van der Waals surface area contributed by atoms with Gasteiger partial charge in [0.15, 0.2) is 6.04 Å². The molecule has 4 amide bonds. The molecule has 0 aliphatic carbocycles. The van der Waals surface area contributed by atoms with Gasteiger partial charge in [-0.3, -0.25) is 19.6 Å². The molecule has 62 heavy (non-hydrogen) atoms. The summed E-state index contributed by atoms with van der Waals surface area (Å²) in [4.78, 5) is 80.1. The van der Waals surface area contributed by atoms with Gasteiger partial charge in [-0.1, -0.05) is 69.3 Å². The quantitative estimate of drug-likeness (QED) is 0.104. The van der Waals surface area contributed by atoms with Crippen LogP contribution in [0, 0.1) is 11.8 Å². The number of aromatic amines is 2. The number of carbonyl (C=O) groups is 4. The van der Waals surface area contributed by atoms with E-state index in [9.17, 15) is 19.2 Å². The smallest absolute Gasteiger partial charge is 0.407 e. The maximum atomic E-state index is 14.0. The second-order valence-corrected chi connectivity index (χ2v) is 16.3. The van der Waals surface area contributed by atoms with E-state index in [0.29, 0.717) is 31.0 Å². The fraction of sp³-hybridized carbons (Fsp3) is 0.348. The Morgan fingerprint density at radius 2 is 1.32 bits per heavy atom. The molecule has 5 atom stereocenters. The highest BCUT2D eigenvalue weighted by Gasteiger charge is 2.41. The number of methoxy groups -OCH3 is 2. The third-order valence-corrected chi connectivity index (χ3v) is 11.8. The van der Waals surface area contributed by atoms with E-state index in [-0.39, 0.29) is 35.7 Å². The minimum Gasteiger partial charge on any atom is -0.453 e. The van der Waals surface area contributed by atoms with Crippen molar-refractivity contribution in [1.29, 1.82) is 0 Å². The van der Waals surface area contributed by atoms with Crippen LogP contribution in [0.25, 0.3) is 44.4 Å². The van der Waals surface area contributed by atoms with Crippen LogP contribution >= 0.6 is 0 Å². The second-order valence-electron chi connectivity index (χ2n) is 16.3. The van der Waals surface area contributed by atoms with Crippen LogP contribution in [0.2, 0.25) is 0 Å². The Kier molecular flexibility index (Phi) is 12.0. The molecule has 6 aromatic rings. The van der Waals surface area contributed by atoms with Crippen LogP contribution in [0.1, 0.15) is 75.5 Å². The Balaban J connectivity index is 0.950. The first-order valence-electron chi connectivity index (χ1n) is 20.8. The first-order valence-corrected chi connectivity index (χ1v) is 20.8. The zero-order valence-corrected chi connectivity index (χ0v) is 35.3. The standard InChI is InChI=1S/C46H50N10O6/c1-26(2)39(53-45(59)61-4)43(57)55-18-6-7-37(55)41-49-24-35(52-41)33-15-14-31-20-30(12-13-32(31)21-33)28-8-10-29(11-9-28)34-23-50-42(51-34)38-19-27(3)25-56(38)44(58)40(54-46(60)62-5)36-22-47-16-17-48-36/h8-17,20-24,26-27,37-40H,6-7,18-19,25H2,1-5H3,(H,49,52)(H,50,51)(H,53,59)(H,54,60)/t27-,37+,38+,39+,40?/m1/s1. The number of carbonyl (C=O) groups excluding carboxylic acids is 4. The molecule has 0 bridgehead atoms. The van der Waals surface area contributed by atoms with Gasteiger partial charge in [0.25, 0.3) is 5.91 Å². The normalized spacial score (nSPS) is 18.5. The van der Waals surface area contributed by atoms with Crippen LogP contribution in [0.15, 0.2) is 91.6 Å². The number of ether oxygens (including phenoxy) is 2. The number of fused-ring (bicyclic) bond motifs is 1. The van der Waals surface area contributed by atoms with E-state index in [1.54, 1.807) is 11.1 Å². The van der Waals surface area contributed by atoms with Crippen LogP contribution in [0.4, 0.5) is 9.59 Å². The average Bonchev–Trinajstić information content (AvgIpc) is 4.14. The molecule has 2 aliphatic rings. The Hall–Kier alpha value is -7.10. The fourth-order valence-electron chi connectivity index (χ4n) is 8.55. The van der Waals surface area contributed by atoms with E-state index >= 15 is 0 Å². The lowest BCUT2D eigenvalue weighted by Crippen LogP contribution is -2.51. The molecule has 16 heteroatoms. The van der Waals surface area contributed by atoms with Gasteiger partial charge < -0.3 is 39.9 Å². The van der Waals surface area contributed by atoms with Gasteiger partial charge >= 0.3 is 12.2 Å². The van der Waals surface area contributed by atoms with E-state index in [0.717, 1.165) is 63.1 Å². The largest absolute Gasteiger partial charge is 0.453 e. The van der Waals surface area contributed by atoms with Crippen molar-refractivity contribution in [2.24, 2.45) is 11.8 Å². The number of hydrogen-bond acceptors (Lipinski definition) is 10. The number of likely N-dealkylation sites (tertiary alicyclic amines) is 2. The van der Waals surface area contributed by atoms with Gasteiger partial charge in [-0.05, 0) is 70.7 Å². The molecule has 0 spiro atoms. The average molecular weight is 839 g/mol. The van der Waals surface area contributed by atoms with Gasteiger partial charge in [0.2, 0.25) is 5.91 Å². The highest BCUT2D eigenvalue weighted by Crippen LogP contribution is 2.38. The van der Waals surface area contributed by atoms with E-state index in [1.807, 2.05) is 24.9 Å². The van der Waals surface area contributed by atoms with E-state index < -0.39 is 24.3 Å². The summed E-state index contributed by atoms with van der Waals surface area (Å²) < 4.78 is 9.58. The van der Waals surface area contributed by atoms with E-state index in [1.165, 1.54) is 32.8 Å². The van der Waals surface area contributed by atoms with Gasteiger partial charge in [-0.25, -0.2) is 19.6 Å². The topological polar surface area (TPSA) is 200 Å². The molecule has 3 aromatic heterocycles. The number of nitrogens with zero attached hydrogens (tertiary/aromatic N) is 6. The number of alkyl carbamates (subject to hydrolysis) is 2. The third-order valence-electron chi connectivity index (χ3n) is 11.8. The maximum absolute atomic E-state index is 14.0. The minimum absolute atomic E-state index is 0.111. The summed E-state index contributed by atoms with van der Waals surface area (Å²) in [6.07, 6.45) is 9.01. The number of amides is 4. The number of H-pyrrole nitrogens is 2. The summed E-state index contributed by atoms with van der Waals surface area (Å²) >= 11 is 0. The molecule has 2 aliphatic heterocycles. The zero-order chi connectivity index (χ0) is 43.5. The number of imidazole rings is 2.